The molecule has 0 aromatic heterocycles. The number of urea groups is 1. The molecular weight excluding hydrogens is 1600 g/mol. The number of nitrogens with one attached hydrogen (secondary N) is 6. The van der Waals surface area contributed by atoms with Crippen LogP contribution in [0.5, 0.6) is 5.75 Å². The molecule has 0 spiro atoms. The van der Waals surface area contributed by atoms with Crippen molar-refractivity contribution in [3.8, 4) is 5.75 Å². The molecule has 2 atom stereocenters. The van der Waals surface area contributed by atoms with Gasteiger partial charge in [0.05, 0.1) is 52.4 Å². The Morgan fingerprint density at radius 2 is 1.07 bits per heavy atom. The highest BCUT2D eigenvalue weighted by molar-refractivity contribution is 7.90. The molecule has 638 valence electrons. The first-order valence-electron chi connectivity index (χ1n) is 40.6. The lowest BCUT2D eigenvalue weighted by molar-refractivity contribution is -0.144. The number of hydrogen-bond donors (Lipinski definition) is 6. The Morgan fingerprint density at radius 1 is 0.529 bits per heavy atom. The smallest absolute Gasteiger partial charge is 0.339 e. The largest absolute Gasteiger partial charge is 0.462 e. The normalized spacial score (nSPS) is 14.4. The van der Waals surface area contributed by atoms with Gasteiger partial charge in [-0.3, -0.25) is 42.3 Å². The molecule has 7 amide bonds. The van der Waals surface area contributed by atoms with Crippen LogP contribution in [0.4, 0.5) is 44.6 Å². The van der Waals surface area contributed by atoms with E-state index in [1.54, 1.807) is 92.7 Å². The van der Waals surface area contributed by atoms with Gasteiger partial charge in [-0.25, -0.2) is 41.3 Å². The Bertz CT molecular complexity index is 4920. The predicted molar refractivity (Wildman–Crippen MR) is 466 cm³/mol. The highest BCUT2D eigenvalue weighted by atomic mass is 35.5. The molecule has 0 saturated carbocycles. The molecule has 7 aromatic carbocycles. The molecule has 31 heteroatoms. The summed E-state index contributed by atoms with van der Waals surface area (Å²) in [6.45, 7) is 13.3. The van der Waals surface area contributed by atoms with Crippen molar-refractivity contribution in [3.63, 3.8) is 0 Å². The summed E-state index contributed by atoms with van der Waals surface area (Å²) in [5, 5.41) is 8.56. The number of rotatable bonds is 38. The number of benzene rings is 7. The maximum Gasteiger partial charge on any atom is 0.339 e. The van der Waals surface area contributed by atoms with E-state index >= 15 is 0 Å². The number of anilines is 5. The molecular formula is C88H110Cl2N12O15S2. The predicted octanol–water partition coefficient (Wildman–Crippen LogP) is 18.2. The average molecular weight is 1710 g/mol. The molecule has 119 heavy (non-hydrogen) atoms. The molecule has 4 aliphatic rings. The van der Waals surface area contributed by atoms with Gasteiger partial charge in [-0.05, 0) is 130 Å². The quantitative estimate of drug-likeness (QED) is 0.00688. The number of fused-ring (bicyclic) bond motifs is 3. The first-order valence-corrected chi connectivity index (χ1v) is 44.3. The van der Waals surface area contributed by atoms with E-state index < -0.39 is 73.5 Å². The van der Waals surface area contributed by atoms with Crippen molar-refractivity contribution >= 4 is 142 Å². The molecule has 6 N–H and O–H groups in total. The third-order valence-corrected chi connectivity index (χ3v) is 24.0. The van der Waals surface area contributed by atoms with E-state index in [2.05, 4.69) is 56.2 Å². The minimum atomic E-state index is -4.53. The van der Waals surface area contributed by atoms with Crippen LogP contribution < -0.4 is 37.1 Å². The van der Waals surface area contributed by atoms with E-state index in [4.69, 9.17) is 37.4 Å². The molecule has 0 bridgehead atoms. The zero-order valence-electron chi connectivity index (χ0n) is 68.9. The Balaban J connectivity index is 0.000000250. The summed E-state index contributed by atoms with van der Waals surface area (Å²) in [7, 11) is -7.32. The van der Waals surface area contributed by atoms with Crippen molar-refractivity contribution < 1.29 is 69.4 Å². The molecule has 0 aliphatic carbocycles. The van der Waals surface area contributed by atoms with Crippen LogP contribution >= 0.6 is 23.2 Å². The molecule has 7 aromatic rings. The molecule has 4 aliphatic heterocycles. The summed E-state index contributed by atoms with van der Waals surface area (Å²) in [4.78, 5) is 115. The summed E-state index contributed by atoms with van der Waals surface area (Å²) in [5.41, 5.74) is 13.1. The number of carbonyl (C=O) groups is 8. The first-order chi connectivity index (χ1) is 57.2. The number of aliphatic imine (C=N–C) groups is 2. The summed E-state index contributed by atoms with van der Waals surface area (Å²) < 4.78 is 73.2. The summed E-state index contributed by atoms with van der Waals surface area (Å²) >= 11 is 12.6. The summed E-state index contributed by atoms with van der Waals surface area (Å²) in [6.07, 6.45) is 24.2. The molecule has 11 rings (SSSR count). The number of sulfonamides is 2. The van der Waals surface area contributed by atoms with E-state index in [0.29, 0.717) is 73.4 Å². The number of esters is 2. The van der Waals surface area contributed by atoms with Crippen molar-refractivity contribution in [1.82, 2.24) is 23.9 Å². The van der Waals surface area contributed by atoms with Gasteiger partial charge in [0.25, 0.3) is 26.0 Å². The van der Waals surface area contributed by atoms with Crippen LogP contribution in [0.15, 0.2) is 178 Å². The van der Waals surface area contributed by atoms with Gasteiger partial charge in [-0.2, -0.15) is 0 Å². The number of halogens is 2. The van der Waals surface area contributed by atoms with Crippen molar-refractivity contribution in [3.05, 3.63) is 190 Å². The van der Waals surface area contributed by atoms with E-state index in [-0.39, 0.29) is 74.8 Å². The van der Waals surface area contributed by atoms with Gasteiger partial charge < -0.3 is 41.0 Å². The Hall–Kier alpha value is -10.6. The number of unbranched alkanes of at least 4 members (excludes halogenated alkanes) is 18. The number of ether oxygens (including phenoxy) is 3. The maximum atomic E-state index is 14.6. The van der Waals surface area contributed by atoms with Gasteiger partial charge in [-0.1, -0.05) is 238 Å². The Morgan fingerprint density at radius 3 is 1.67 bits per heavy atom. The van der Waals surface area contributed by atoms with Crippen LogP contribution in [0.2, 0.25) is 10.0 Å². The SMILES string of the molecule is CC(=O)Oc1ccccc1.CCCCCCCCCCCCOC(=O)c1cc(NC(=O)C(C2=Nc3c(NC(C)=O)cccc3S(=O)(=O)N2C)N2C(=O)C(=O)N(Cc3ccccc3)C2=O)c(C)cc1Cl.CCCCCCCCCCCCOCCCN1C(C(C)C(=O)Nc2cc(Cl)ccc2C)=Nc2ccccc2S1(=O)=O.c1ccc2c(c1)NNN2. The molecule has 0 radical (unpaired) electrons. The van der Waals surface area contributed by atoms with E-state index in [1.807, 2.05) is 55.5 Å². The van der Waals surface area contributed by atoms with Crippen LogP contribution in [0, 0.1) is 19.8 Å². The number of aryl methyl sites for hydroxylation is 2. The fourth-order valence-corrected chi connectivity index (χ4v) is 16.8. The molecule has 1 fully saturated rings. The second-order valence-corrected chi connectivity index (χ2v) is 33.7. The highest BCUT2D eigenvalue weighted by Crippen LogP contribution is 2.41. The third kappa shape index (κ3) is 27.2. The maximum absolute atomic E-state index is 14.6. The minimum Gasteiger partial charge on any atom is -0.462 e. The lowest BCUT2D eigenvalue weighted by Gasteiger charge is -2.34. The van der Waals surface area contributed by atoms with Gasteiger partial charge >= 0.3 is 29.8 Å². The van der Waals surface area contributed by atoms with Gasteiger partial charge in [0.15, 0.2) is 11.9 Å². The molecule has 1 saturated heterocycles. The standard InChI is InChI=1S/C42H49ClN6O9S.C32H46ClN3O4S.C8H8O2.C6H7N3/c1-5-6-7-8-9-10-11-12-13-17-23-58-41(54)30-25-33(27(2)24-31(30)43)45-38(51)36(49-40(53)39(52)48(42(49)55)26-29-19-15-14-16-20-29)37-46-35-32(44-28(3)50)21-18-22-34(35)59(56,57)47(37)4;1-4-5-6-7-8-9-10-11-12-15-22-40-23-16-21-36-31(34-28-17-13-14-18-30(28)41(36,38)39)26(3)32(37)35-29-24-27(33)20-19-25(29)2;1-7(9)10-8-5-3-2-4-6-8;1-2-4-6-5(3-1)7-9-8-6/h14-16,18-22,24-25,36H,5-13,17,23,26H2,1-4H3,(H,44,50)(H,45,51);13-14,17-20,24,26H,4-12,15-16,21-23H2,1-3H3,(H,35,37);2-6H,1H3;1-4,7-9H. The minimum absolute atomic E-state index is 0.0168. The van der Waals surface area contributed by atoms with Gasteiger partial charge in [-0.15, -0.1) is 5.53 Å². The first kappa shape index (κ1) is 93.9. The zero-order chi connectivity index (χ0) is 86.0. The number of carbonyl (C=O) groups excluding carboxylic acids is 8. The van der Waals surface area contributed by atoms with Gasteiger partial charge in [0.1, 0.15) is 27.1 Å². The van der Waals surface area contributed by atoms with Gasteiger partial charge in [0, 0.05) is 57.1 Å². The second-order valence-electron chi connectivity index (χ2n) is 29.1. The van der Waals surface area contributed by atoms with E-state index in [9.17, 15) is 55.2 Å². The van der Waals surface area contributed by atoms with Crippen LogP contribution in [0.3, 0.4) is 0 Å². The summed E-state index contributed by atoms with van der Waals surface area (Å²) in [5.74, 6) is -6.41. The monoisotopic (exact) mass is 1710 g/mol. The number of amidine groups is 2. The lowest BCUT2D eigenvalue weighted by atomic mass is 10.1. The number of para-hydroxylation sites is 5. The Labute approximate surface area is 708 Å². The highest BCUT2D eigenvalue weighted by Gasteiger charge is 2.54. The van der Waals surface area contributed by atoms with Crippen LogP contribution in [-0.2, 0) is 64.8 Å². The lowest BCUT2D eigenvalue weighted by Crippen LogP contribution is -2.57. The topological polar surface area (TPSA) is 342 Å². The fraction of sp³-hybridized carbons (Fsp3) is 0.409. The van der Waals surface area contributed by atoms with Crippen molar-refractivity contribution in [1.29, 1.82) is 0 Å². The van der Waals surface area contributed by atoms with Crippen LogP contribution in [0.1, 0.15) is 197 Å². The van der Waals surface area contributed by atoms with Crippen LogP contribution in [0.25, 0.3) is 0 Å². The van der Waals surface area contributed by atoms with Gasteiger partial charge in [0.2, 0.25) is 11.8 Å². The zero-order valence-corrected chi connectivity index (χ0v) is 72.1. The Kier molecular flexibility index (Phi) is 37.3. The molecule has 4 heterocycles. The molecule has 27 nitrogen and oxygen atoms in total. The number of imide groups is 2. The number of amides is 7. The number of likely N-dealkylation sites (N-methyl/N-ethyl adjacent to an activating group) is 1. The van der Waals surface area contributed by atoms with E-state index in [0.717, 1.165) is 56.1 Å². The van der Waals surface area contributed by atoms with Crippen molar-refractivity contribution in [2.24, 2.45) is 15.9 Å². The van der Waals surface area contributed by atoms with E-state index in [1.165, 1.54) is 138 Å². The van der Waals surface area contributed by atoms with Crippen LogP contribution in [-0.4, -0.2) is 134 Å². The number of hydrogen-bond acceptors (Lipinski definition) is 20. The number of hydrazine groups is 2. The third-order valence-electron chi connectivity index (χ3n) is 19.8. The second kappa shape index (κ2) is 47.3. The average Bonchev–Trinajstić information content (AvgIpc) is 1.73. The molecule has 2 unspecified atom stereocenters. The van der Waals surface area contributed by atoms with Crippen molar-refractivity contribution in [2.75, 3.05) is 60.2 Å². The number of nitrogens with zero attached hydrogens (tertiary/aromatic N) is 6. The summed E-state index contributed by atoms with van der Waals surface area (Å²) in [6, 6.07) is 40.5. The van der Waals surface area contributed by atoms with Crippen molar-refractivity contribution in [2.45, 2.75) is 206 Å². The fourth-order valence-electron chi connectivity index (χ4n) is 13.3.